The number of aryl methyl sites for hydroxylation is 2. The second-order valence-corrected chi connectivity index (χ2v) is 16.8. The fraction of sp³-hybridized carbons (Fsp3) is 0.356. The number of nitrogens with zero attached hydrogens (tertiary/aromatic N) is 5. The molecule has 0 aliphatic heterocycles. The number of amides is 5. The van der Waals surface area contributed by atoms with E-state index in [0.29, 0.717) is 46.3 Å². The fourth-order valence-electron chi connectivity index (χ4n) is 8.11. The Balaban J connectivity index is 1.00. The molecule has 2 atom stereocenters. The Morgan fingerprint density at radius 2 is 1.35 bits per heavy atom. The third-order valence-corrected chi connectivity index (χ3v) is 12.2. The molecule has 0 bridgehead atoms. The Morgan fingerprint density at radius 3 is 2.05 bits per heavy atom. The van der Waals surface area contributed by atoms with Gasteiger partial charge < -0.3 is 14.8 Å². The van der Waals surface area contributed by atoms with Crippen LogP contribution >= 0.6 is 11.3 Å². The van der Waals surface area contributed by atoms with Crippen LogP contribution in [-0.2, 0) is 14.3 Å². The first-order valence-electron chi connectivity index (χ1n) is 20.8. The van der Waals surface area contributed by atoms with Gasteiger partial charge in [-0.2, -0.15) is 0 Å². The maximum absolute atomic E-state index is 13.5. The van der Waals surface area contributed by atoms with E-state index in [2.05, 4.69) is 52.6 Å². The Morgan fingerprint density at radius 1 is 0.677 bits per heavy atom. The smallest absolute Gasteiger partial charge is 0.411 e. The van der Waals surface area contributed by atoms with Crippen molar-refractivity contribution in [2.45, 2.75) is 96.7 Å². The molecule has 5 amide bonds. The first-order valence-corrected chi connectivity index (χ1v) is 21.7. The van der Waals surface area contributed by atoms with Gasteiger partial charge in [0.2, 0.25) is 11.9 Å². The van der Waals surface area contributed by atoms with Crippen LogP contribution in [0.5, 0.6) is 0 Å². The summed E-state index contributed by atoms with van der Waals surface area (Å²) in [5.41, 5.74) is 8.08. The van der Waals surface area contributed by atoms with Crippen molar-refractivity contribution in [3.05, 3.63) is 78.0 Å². The van der Waals surface area contributed by atoms with Crippen molar-refractivity contribution < 1.29 is 28.7 Å². The summed E-state index contributed by atoms with van der Waals surface area (Å²) in [7, 11) is 1.55. The number of hydrogen-bond donors (Lipinski definition) is 5. The molecule has 0 radical (unpaired) electrons. The van der Waals surface area contributed by atoms with Gasteiger partial charge in [0, 0.05) is 49.1 Å². The van der Waals surface area contributed by atoms with Crippen LogP contribution in [0.3, 0.4) is 0 Å². The van der Waals surface area contributed by atoms with Crippen LogP contribution in [0.25, 0.3) is 43.4 Å². The van der Waals surface area contributed by atoms with Crippen molar-refractivity contribution in [1.29, 1.82) is 0 Å². The Hall–Kier alpha value is -6.75. The van der Waals surface area contributed by atoms with E-state index in [-0.39, 0.29) is 36.0 Å². The molecule has 6 aromatic rings. The lowest BCUT2D eigenvalue weighted by Crippen LogP contribution is -2.27. The lowest BCUT2D eigenvalue weighted by Gasteiger charge is -2.29. The van der Waals surface area contributed by atoms with E-state index in [1.807, 2.05) is 50.2 Å². The van der Waals surface area contributed by atoms with Gasteiger partial charge in [-0.1, -0.05) is 23.8 Å². The van der Waals surface area contributed by atoms with E-state index in [4.69, 9.17) is 14.5 Å². The SMILES string of the molecule is CNC(=O)Nc1nc2c(C3CCCC(OC(=O)Nc4cc(-c5ccc6nc(NC(C)=O)ncc6c5)cnc4C)C3)cc(-c3cnc(C)c(NC(=O)OC4CCCCC4)c3)cc2s1. The van der Waals surface area contributed by atoms with Crippen LogP contribution in [0, 0.1) is 13.8 Å². The number of ether oxygens (including phenoxy) is 2. The molecule has 16 nitrogen and oxygen atoms in total. The van der Waals surface area contributed by atoms with Crippen molar-refractivity contribution in [3.63, 3.8) is 0 Å². The Kier molecular flexibility index (Phi) is 12.5. The number of anilines is 4. The van der Waals surface area contributed by atoms with Crippen molar-refractivity contribution in [3.8, 4) is 22.3 Å². The number of nitrogens with one attached hydrogen (secondary N) is 5. The molecule has 2 fully saturated rings. The number of carbonyl (C=O) groups is 4. The van der Waals surface area contributed by atoms with Crippen molar-refractivity contribution in [2.75, 3.05) is 28.3 Å². The predicted octanol–water partition coefficient (Wildman–Crippen LogP) is 9.85. The number of thiazole rings is 1. The minimum absolute atomic E-state index is 0.0154. The molecule has 4 aromatic heterocycles. The number of carbonyl (C=O) groups excluding carboxylic acids is 4. The summed E-state index contributed by atoms with van der Waals surface area (Å²) in [5.74, 6) is -0.0351. The molecule has 320 valence electrons. The van der Waals surface area contributed by atoms with Gasteiger partial charge in [-0.3, -0.25) is 36.0 Å². The maximum Gasteiger partial charge on any atom is 0.411 e. The quantitative estimate of drug-likeness (QED) is 0.0923. The highest BCUT2D eigenvalue weighted by Crippen LogP contribution is 2.42. The molecule has 5 N–H and O–H groups in total. The summed E-state index contributed by atoms with van der Waals surface area (Å²) in [6.07, 6.45) is 11.6. The monoisotopic (exact) mass is 856 g/mol. The summed E-state index contributed by atoms with van der Waals surface area (Å²) in [5, 5.41) is 15.1. The zero-order valence-electron chi connectivity index (χ0n) is 35.0. The molecule has 2 saturated carbocycles. The molecular weight excluding hydrogens is 809 g/mol. The van der Waals surface area contributed by atoms with Crippen molar-refractivity contribution in [1.82, 2.24) is 30.2 Å². The second-order valence-electron chi connectivity index (χ2n) is 15.8. The van der Waals surface area contributed by atoms with Gasteiger partial charge in [0.25, 0.3) is 0 Å². The van der Waals surface area contributed by atoms with Gasteiger partial charge in [0.1, 0.15) is 12.2 Å². The lowest BCUT2D eigenvalue weighted by atomic mass is 9.81. The van der Waals surface area contributed by atoms with Crippen LogP contribution in [0.1, 0.15) is 87.6 Å². The van der Waals surface area contributed by atoms with Gasteiger partial charge >= 0.3 is 18.2 Å². The van der Waals surface area contributed by atoms with E-state index < -0.39 is 12.2 Å². The molecule has 2 aliphatic rings. The van der Waals surface area contributed by atoms with Crippen molar-refractivity contribution in [2.24, 2.45) is 0 Å². The number of aromatic nitrogens is 5. The Labute approximate surface area is 362 Å². The minimum atomic E-state index is -0.576. The molecule has 17 heteroatoms. The molecule has 0 spiro atoms. The van der Waals surface area contributed by atoms with Crippen LogP contribution < -0.4 is 26.6 Å². The minimum Gasteiger partial charge on any atom is -0.446 e. The van der Waals surface area contributed by atoms with E-state index >= 15 is 0 Å². The average molecular weight is 857 g/mol. The van der Waals surface area contributed by atoms with Crippen LogP contribution in [-0.4, -0.2) is 68.3 Å². The van der Waals surface area contributed by atoms with Gasteiger partial charge in [-0.15, -0.1) is 0 Å². The first kappa shape index (κ1) is 42.0. The van der Waals surface area contributed by atoms with Crippen LogP contribution in [0.4, 0.5) is 36.8 Å². The molecule has 2 aromatic carbocycles. The second kappa shape index (κ2) is 18.5. The lowest BCUT2D eigenvalue weighted by molar-refractivity contribution is -0.114. The van der Waals surface area contributed by atoms with Gasteiger partial charge in [-0.25, -0.2) is 29.3 Å². The highest BCUT2D eigenvalue weighted by molar-refractivity contribution is 7.22. The molecule has 62 heavy (non-hydrogen) atoms. The number of benzene rings is 2. The summed E-state index contributed by atoms with van der Waals surface area (Å²) >= 11 is 1.37. The zero-order chi connectivity index (χ0) is 43.3. The number of urea groups is 1. The molecular formula is C45H48N10O6S. The standard InChI is InChI=1S/C45H48N10O6S/c1-24-37(18-30(21-47-24)27-13-14-36-32(15-27)23-49-41(51-36)50-26(3)56)53-45(59)61-34-12-8-9-28(16-34)35-17-29(20-39-40(35)54-43(62-39)55-42(57)46-4)31-19-38(25(2)48-22-31)52-44(58)60-33-10-6-5-7-11-33/h13-15,17-23,28,33-34H,5-12,16H2,1-4H3,(H,52,58)(H,53,59)(H2,46,54,55,57)(H,49,50,51,56). The van der Waals surface area contributed by atoms with Gasteiger partial charge in [-0.05, 0) is 124 Å². The summed E-state index contributed by atoms with van der Waals surface area (Å²) in [6.45, 7) is 5.06. The van der Waals surface area contributed by atoms with Crippen LogP contribution in [0.2, 0.25) is 0 Å². The summed E-state index contributed by atoms with van der Waals surface area (Å²) in [6, 6.07) is 13.2. The highest BCUT2D eigenvalue weighted by Gasteiger charge is 2.29. The molecule has 2 unspecified atom stereocenters. The number of fused-ring (bicyclic) bond motifs is 2. The van der Waals surface area contributed by atoms with Gasteiger partial charge in [0.05, 0.1) is 38.5 Å². The van der Waals surface area contributed by atoms with E-state index in [1.54, 1.807) is 25.6 Å². The first-order chi connectivity index (χ1) is 30.0. The number of pyridine rings is 2. The molecule has 4 heterocycles. The normalized spacial score (nSPS) is 16.6. The highest BCUT2D eigenvalue weighted by atomic mass is 32.1. The average Bonchev–Trinajstić information content (AvgIpc) is 3.67. The predicted molar refractivity (Wildman–Crippen MR) is 240 cm³/mol. The van der Waals surface area contributed by atoms with E-state index in [9.17, 15) is 19.2 Å². The third-order valence-electron chi connectivity index (χ3n) is 11.3. The molecule has 8 rings (SSSR count). The number of hydrogen-bond acceptors (Lipinski definition) is 12. The topological polar surface area (TPSA) is 211 Å². The van der Waals surface area contributed by atoms with E-state index in [1.165, 1.54) is 18.3 Å². The molecule has 2 aliphatic carbocycles. The van der Waals surface area contributed by atoms with Gasteiger partial charge in [0.15, 0.2) is 5.13 Å². The fourth-order valence-corrected chi connectivity index (χ4v) is 9.05. The molecule has 0 saturated heterocycles. The van der Waals surface area contributed by atoms with E-state index in [0.717, 1.165) is 88.4 Å². The summed E-state index contributed by atoms with van der Waals surface area (Å²) in [4.78, 5) is 72.9. The zero-order valence-corrected chi connectivity index (χ0v) is 35.8. The van der Waals surface area contributed by atoms with Crippen LogP contribution in [0.15, 0.2) is 61.1 Å². The maximum atomic E-state index is 13.5. The Bertz CT molecular complexity index is 2680. The number of rotatable bonds is 9. The third kappa shape index (κ3) is 9.89. The largest absolute Gasteiger partial charge is 0.446 e. The van der Waals surface area contributed by atoms with Crippen molar-refractivity contribution >= 4 is 79.0 Å². The summed E-state index contributed by atoms with van der Waals surface area (Å²) < 4.78 is 12.7.